The van der Waals surface area contributed by atoms with E-state index in [9.17, 15) is 13.2 Å². The average molecular weight is 395 g/mol. The van der Waals surface area contributed by atoms with Crippen LogP contribution >= 0.6 is 11.6 Å². The molecule has 0 aliphatic carbocycles. The van der Waals surface area contributed by atoms with E-state index >= 15 is 0 Å². The van der Waals surface area contributed by atoms with E-state index in [4.69, 9.17) is 11.6 Å². The van der Waals surface area contributed by atoms with Gasteiger partial charge in [0.1, 0.15) is 0 Å². The van der Waals surface area contributed by atoms with Crippen molar-refractivity contribution >= 4 is 33.2 Å². The molecule has 0 saturated heterocycles. The molecule has 0 fully saturated rings. The fourth-order valence-electron chi connectivity index (χ4n) is 2.72. The van der Waals surface area contributed by atoms with Crippen molar-refractivity contribution in [1.29, 1.82) is 0 Å². The number of sulfonamides is 1. The quantitative estimate of drug-likeness (QED) is 0.814. The zero-order valence-corrected chi connectivity index (χ0v) is 16.9. The number of aryl methyl sites for hydroxylation is 3. The average Bonchev–Trinajstić information content (AvgIpc) is 2.54. The van der Waals surface area contributed by atoms with Crippen molar-refractivity contribution < 1.29 is 13.2 Å². The molecule has 7 heteroatoms. The van der Waals surface area contributed by atoms with Gasteiger partial charge in [-0.15, -0.1) is 0 Å². The lowest BCUT2D eigenvalue weighted by atomic mass is 10.1. The summed E-state index contributed by atoms with van der Waals surface area (Å²) in [5.74, 6) is -0.140. The van der Waals surface area contributed by atoms with E-state index in [1.807, 2.05) is 32.0 Å². The molecule has 2 aromatic rings. The molecule has 0 aromatic heterocycles. The highest BCUT2D eigenvalue weighted by atomic mass is 35.5. The molecule has 140 valence electrons. The van der Waals surface area contributed by atoms with Crippen LogP contribution in [0.1, 0.15) is 23.6 Å². The molecule has 0 bridgehead atoms. The minimum absolute atomic E-state index is 0.108. The number of nitrogens with one attached hydrogen (secondary N) is 1. The summed E-state index contributed by atoms with van der Waals surface area (Å²) in [5, 5.41) is 0.515. The van der Waals surface area contributed by atoms with E-state index in [2.05, 4.69) is 4.72 Å². The van der Waals surface area contributed by atoms with Crippen LogP contribution < -0.4 is 9.62 Å². The molecule has 0 atom stereocenters. The highest BCUT2D eigenvalue weighted by Gasteiger charge is 2.18. The number of hydrogen-bond acceptors (Lipinski definition) is 3. The molecule has 0 radical (unpaired) electrons. The third-order valence-electron chi connectivity index (χ3n) is 4.09. The fourth-order valence-corrected chi connectivity index (χ4v) is 3.94. The zero-order valence-electron chi connectivity index (χ0n) is 15.3. The van der Waals surface area contributed by atoms with Crippen molar-refractivity contribution in [3.63, 3.8) is 0 Å². The maximum atomic E-state index is 12.4. The number of hydrogen-bond donors (Lipinski definition) is 1. The zero-order chi connectivity index (χ0) is 19.5. The predicted octanol–water partition coefficient (Wildman–Crippen LogP) is 3.60. The molecule has 0 heterocycles. The summed E-state index contributed by atoms with van der Waals surface area (Å²) >= 11 is 5.95. The first-order valence-electron chi connectivity index (χ1n) is 8.23. The topological polar surface area (TPSA) is 66.5 Å². The van der Waals surface area contributed by atoms with Crippen LogP contribution in [-0.2, 0) is 14.8 Å². The fraction of sp³-hybridized carbons (Fsp3) is 0.316. The molecular weight excluding hydrogens is 372 g/mol. The van der Waals surface area contributed by atoms with E-state index in [1.54, 1.807) is 17.9 Å². The van der Waals surface area contributed by atoms with Crippen LogP contribution in [0.5, 0.6) is 0 Å². The number of nitrogens with zero attached hydrogens (tertiary/aromatic N) is 1. The Morgan fingerprint density at radius 1 is 1.08 bits per heavy atom. The van der Waals surface area contributed by atoms with Crippen LogP contribution in [0.25, 0.3) is 0 Å². The second-order valence-electron chi connectivity index (χ2n) is 6.27. The number of amides is 1. The molecule has 0 aliphatic heterocycles. The number of anilines is 1. The molecule has 1 amide bonds. The first-order valence-corrected chi connectivity index (χ1v) is 10.1. The Hall–Kier alpha value is -1.89. The van der Waals surface area contributed by atoms with Crippen LogP contribution in [0.2, 0.25) is 5.02 Å². The third kappa shape index (κ3) is 4.84. The molecule has 26 heavy (non-hydrogen) atoms. The largest absolute Gasteiger partial charge is 0.311 e. The van der Waals surface area contributed by atoms with Gasteiger partial charge in [-0.1, -0.05) is 29.3 Å². The number of carbonyl (C=O) groups is 1. The van der Waals surface area contributed by atoms with Gasteiger partial charge < -0.3 is 4.90 Å². The summed E-state index contributed by atoms with van der Waals surface area (Å²) < 4.78 is 27.4. The van der Waals surface area contributed by atoms with Gasteiger partial charge in [0.05, 0.1) is 4.90 Å². The van der Waals surface area contributed by atoms with E-state index in [1.165, 1.54) is 19.1 Å². The second kappa shape index (κ2) is 8.20. The van der Waals surface area contributed by atoms with Crippen molar-refractivity contribution in [1.82, 2.24) is 4.72 Å². The molecule has 0 unspecified atom stereocenters. The monoisotopic (exact) mass is 394 g/mol. The maximum Gasteiger partial charge on any atom is 0.240 e. The van der Waals surface area contributed by atoms with Gasteiger partial charge in [-0.3, -0.25) is 4.79 Å². The summed E-state index contributed by atoms with van der Waals surface area (Å²) in [6.07, 6.45) is 0. The lowest BCUT2D eigenvalue weighted by Gasteiger charge is -2.23. The lowest BCUT2D eigenvalue weighted by molar-refractivity contribution is -0.116. The van der Waals surface area contributed by atoms with E-state index in [0.717, 1.165) is 16.8 Å². The van der Waals surface area contributed by atoms with Gasteiger partial charge in [0, 0.05) is 30.7 Å². The first kappa shape index (κ1) is 20.4. The van der Waals surface area contributed by atoms with Crippen LogP contribution in [0, 0.1) is 20.8 Å². The van der Waals surface area contributed by atoms with Crippen molar-refractivity contribution in [2.24, 2.45) is 0 Å². The molecule has 0 aliphatic rings. The van der Waals surface area contributed by atoms with Crippen molar-refractivity contribution in [3.05, 3.63) is 58.1 Å². The number of halogens is 1. The number of carbonyl (C=O) groups excluding carboxylic acids is 1. The van der Waals surface area contributed by atoms with Gasteiger partial charge in [-0.25, -0.2) is 13.1 Å². The highest BCUT2D eigenvalue weighted by Crippen LogP contribution is 2.22. The molecule has 0 saturated carbocycles. The molecule has 5 nitrogen and oxygen atoms in total. The Labute approximate surface area is 160 Å². The summed E-state index contributed by atoms with van der Waals surface area (Å²) in [6, 6.07) is 10.3. The molecule has 2 aromatic carbocycles. The van der Waals surface area contributed by atoms with Crippen LogP contribution in [0.4, 0.5) is 5.69 Å². The Kier molecular flexibility index (Phi) is 6.44. The standard InChI is InChI=1S/C19H23ClN2O3S/c1-13-5-8-19(15(3)11-13)22(16(4)23)10-9-21-26(24,25)17-6-7-18(20)14(2)12-17/h5-8,11-12,21H,9-10H2,1-4H3. The SMILES string of the molecule is CC(=O)N(CCNS(=O)(=O)c1ccc(Cl)c(C)c1)c1ccc(C)cc1C. The lowest BCUT2D eigenvalue weighted by Crippen LogP contribution is -2.38. The molecule has 2 rings (SSSR count). The van der Waals surface area contributed by atoms with Gasteiger partial charge in [0.25, 0.3) is 0 Å². The Morgan fingerprint density at radius 2 is 1.77 bits per heavy atom. The maximum absolute atomic E-state index is 12.4. The highest BCUT2D eigenvalue weighted by molar-refractivity contribution is 7.89. The molecule has 1 N–H and O–H groups in total. The Bertz CT molecular complexity index is 926. The minimum atomic E-state index is -3.67. The summed E-state index contributed by atoms with van der Waals surface area (Å²) in [5.41, 5.74) is 3.55. The van der Waals surface area contributed by atoms with Crippen LogP contribution in [0.15, 0.2) is 41.3 Å². The van der Waals surface area contributed by atoms with Crippen LogP contribution in [0.3, 0.4) is 0 Å². The second-order valence-corrected chi connectivity index (χ2v) is 8.44. The van der Waals surface area contributed by atoms with E-state index < -0.39 is 10.0 Å². The van der Waals surface area contributed by atoms with E-state index in [-0.39, 0.29) is 23.9 Å². The third-order valence-corrected chi connectivity index (χ3v) is 5.97. The normalized spacial score (nSPS) is 11.4. The van der Waals surface area contributed by atoms with Gasteiger partial charge in [0.2, 0.25) is 15.9 Å². The van der Waals surface area contributed by atoms with Crippen molar-refractivity contribution in [3.8, 4) is 0 Å². The predicted molar refractivity (Wildman–Crippen MR) is 105 cm³/mol. The van der Waals surface area contributed by atoms with Gasteiger partial charge in [-0.2, -0.15) is 0 Å². The van der Waals surface area contributed by atoms with Gasteiger partial charge in [0.15, 0.2) is 0 Å². The summed E-state index contributed by atoms with van der Waals surface area (Å²) in [7, 11) is -3.67. The van der Waals surface area contributed by atoms with Crippen LogP contribution in [-0.4, -0.2) is 27.4 Å². The first-order chi connectivity index (χ1) is 12.1. The number of rotatable bonds is 6. The Morgan fingerprint density at radius 3 is 2.35 bits per heavy atom. The molecular formula is C19H23ClN2O3S. The Balaban J connectivity index is 2.12. The minimum Gasteiger partial charge on any atom is -0.311 e. The smallest absolute Gasteiger partial charge is 0.240 e. The molecule has 0 spiro atoms. The summed E-state index contributed by atoms with van der Waals surface area (Å²) in [4.78, 5) is 13.8. The van der Waals surface area contributed by atoms with Gasteiger partial charge in [-0.05, 0) is 56.2 Å². The van der Waals surface area contributed by atoms with Crippen molar-refractivity contribution in [2.45, 2.75) is 32.6 Å². The van der Waals surface area contributed by atoms with E-state index in [0.29, 0.717) is 10.6 Å². The van der Waals surface area contributed by atoms with Gasteiger partial charge >= 0.3 is 0 Å². The number of benzene rings is 2. The summed E-state index contributed by atoms with van der Waals surface area (Å²) in [6.45, 7) is 7.48. The van der Waals surface area contributed by atoms with Crippen molar-refractivity contribution in [2.75, 3.05) is 18.0 Å².